The average molecular weight is 286 g/mol. The topological polar surface area (TPSA) is 47.9 Å². The van der Waals surface area contributed by atoms with Crippen LogP contribution in [-0.2, 0) is 10.3 Å². The largest absolute Gasteiger partial charge is 0.468 e. The summed E-state index contributed by atoms with van der Waals surface area (Å²) in [6.07, 6.45) is 0. The predicted octanol–water partition coefficient (Wildman–Crippen LogP) is 3.32. The van der Waals surface area contributed by atoms with Gasteiger partial charge in [0.25, 0.3) is 0 Å². The number of aliphatic hydroxyl groups excluding tert-OH is 1. The van der Waals surface area contributed by atoms with E-state index in [0.717, 1.165) is 11.1 Å². The van der Waals surface area contributed by atoms with Gasteiger partial charge in [-0.2, -0.15) is 4.89 Å². The maximum atomic E-state index is 8.74. The molecule has 0 heterocycles. The fourth-order valence-electron chi connectivity index (χ4n) is 2.19. The molecule has 2 aromatic carbocycles. The maximum absolute atomic E-state index is 8.74. The lowest BCUT2D eigenvalue weighted by atomic mass is 9.78. The Labute approximate surface area is 124 Å². The Morgan fingerprint density at radius 2 is 1.38 bits per heavy atom. The van der Waals surface area contributed by atoms with Gasteiger partial charge in [-0.15, -0.1) is 0 Å². The quantitative estimate of drug-likeness (QED) is 0.503. The molecule has 0 aliphatic carbocycles. The van der Waals surface area contributed by atoms with Gasteiger partial charge in [0.05, 0.1) is 0 Å². The summed E-state index contributed by atoms with van der Waals surface area (Å²) in [5.41, 5.74) is 2.08. The fraction of sp³-hybridized carbons (Fsp3) is 0.235. The molecule has 1 N–H and O–H groups in total. The van der Waals surface area contributed by atoms with Crippen LogP contribution in [0.1, 0.15) is 25.0 Å². The van der Waals surface area contributed by atoms with Crippen molar-refractivity contribution in [1.29, 1.82) is 0 Å². The number of benzene rings is 2. The molecule has 0 saturated carbocycles. The van der Waals surface area contributed by atoms with Gasteiger partial charge < -0.3 is 14.7 Å². The summed E-state index contributed by atoms with van der Waals surface area (Å²) in [6, 6.07) is 15.2. The first-order valence-electron chi connectivity index (χ1n) is 6.56. The molecular formula is C17H18O4. The minimum Gasteiger partial charge on any atom is -0.468 e. The zero-order valence-electron chi connectivity index (χ0n) is 12.1. The van der Waals surface area contributed by atoms with E-state index in [4.69, 9.17) is 21.8 Å². The summed E-state index contributed by atoms with van der Waals surface area (Å²) in [5, 5.41) is 8.74. The smallest absolute Gasteiger partial charge is 0.186 e. The molecule has 0 spiro atoms. The first-order valence-corrected chi connectivity index (χ1v) is 6.56. The molecule has 0 unspecified atom stereocenters. The predicted molar refractivity (Wildman–Crippen MR) is 78.7 cm³/mol. The normalized spacial score (nSPS) is 11.2. The van der Waals surface area contributed by atoms with E-state index in [1.54, 1.807) is 12.1 Å². The highest BCUT2D eigenvalue weighted by Crippen LogP contribution is 2.33. The molecule has 4 nitrogen and oxygen atoms in total. The van der Waals surface area contributed by atoms with Gasteiger partial charge in [0.1, 0.15) is 5.75 Å². The van der Waals surface area contributed by atoms with Crippen molar-refractivity contribution in [2.75, 3.05) is 6.79 Å². The van der Waals surface area contributed by atoms with Crippen LogP contribution < -0.4 is 9.62 Å². The van der Waals surface area contributed by atoms with Crippen molar-refractivity contribution in [2.24, 2.45) is 0 Å². The lowest BCUT2D eigenvalue weighted by molar-refractivity contribution is -0.154. The minimum absolute atomic E-state index is 0.181. The van der Waals surface area contributed by atoms with Crippen LogP contribution in [0.3, 0.4) is 0 Å². The first kappa shape index (κ1) is 15.4. The Hall–Kier alpha value is -2.04. The third kappa shape index (κ3) is 3.54. The Bertz CT molecular complexity index is 507. The van der Waals surface area contributed by atoms with E-state index in [1.165, 1.54) is 0 Å². The fourth-order valence-corrected chi connectivity index (χ4v) is 2.19. The SMILES string of the molecule is [CH]OOc1ccc(C(C)(C)c2ccc(OCO)cc2)cc1. The summed E-state index contributed by atoms with van der Waals surface area (Å²) in [5.74, 6) is 1.18. The van der Waals surface area contributed by atoms with Crippen molar-refractivity contribution in [3.8, 4) is 11.5 Å². The van der Waals surface area contributed by atoms with Crippen LogP contribution in [0.2, 0.25) is 0 Å². The Balaban J connectivity index is 2.23. The summed E-state index contributed by atoms with van der Waals surface area (Å²) in [7, 11) is 4.86. The monoisotopic (exact) mass is 286 g/mol. The summed E-state index contributed by atoms with van der Waals surface area (Å²) in [4.78, 5) is 8.90. The van der Waals surface area contributed by atoms with E-state index in [1.807, 2.05) is 36.4 Å². The van der Waals surface area contributed by atoms with Crippen molar-refractivity contribution in [1.82, 2.24) is 0 Å². The molecule has 0 bridgehead atoms. The van der Waals surface area contributed by atoms with Crippen LogP contribution in [0, 0.1) is 7.11 Å². The first-order chi connectivity index (χ1) is 10.1. The highest BCUT2D eigenvalue weighted by Gasteiger charge is 2.23. The molecule has 2 aromatic rings. The van der Waals surface area contributed by atoms with Crippen molar-refractivity contribution in [3.05, 3.63) is 66.8 Å². The van der Waals surface area contributed by atoms with Crippen LogP contribution in [0.25, 0.3) is 0 Å². The number of hydrogen-bond donors (Lipinski definition) is 1. The highest BCUT2D eigenvalue weighted by atomic mass is 17.2. The highest BCUT2D eigenvalue weighted by molar-refractivity contribution is 5.41. The van der Waals surface area contributed by atoms with Gasteiger partial charge in [-0.25, -0.2) is 0 Å². The van der Waals surface area contributed by atoms with E-state index in [0.29, 0.717) is 11.5 Å². The van der Waals surface area contributed by atoms with Gasteiger partial charge in [-0.05, 0) is 35.4 Å². The third-order valence-corrected chi connectivity index (χ3v) is 3.53. The lowest BCUT2D eigenvalue weighted by Gasteiger charge is -2.26. The van der Waals surface area contributed by atoms with Crippen LogP contribution in [-0.4, -0.2) is 11.9 Å². The van der Waals surface area contributed by atoms with Gasteiger partial charge in [0.2, 0.25) is 0 Å². The Morgan fingerprint density at radius 1 is 0.905 bits per heavy atom. The van der Waals surface area contributed by atoms with E-state index >= 15 is 0 Å². The molecule has 2 radical (unpaired) electrons. The summed E-state index contributed by atoms with van der Waals surface area (Å²) < 4.78 is 5.04. The van der Waals surface area contributed by atoms with Gasteiger partial charge in [0.15, 0.2) is 19.7 Å². The average Bonchev–Trinajstić information content (AvgIpc) is 2.49. The number of ether oxygens (including phenoxy) is 1. The number of hydrogen-bond acceptors (Lipinski definition) is 4. The molecule has 0 aliphatic rings. The molecule has 21 heavy (non-hydrogen) atoms. The zero-order valence-corrected chi connectivity index (χ0v) is 12.1. The second-order valence-corrected chi connectivity index (χ2v) is 5.13. The molecule has 0 atom stereocenters. The van der Waals surface area contributed by atoms with Gasteiger partial charge in [-0.1, -0.05) is 38.1 Å². The van der Waals surface area contributed by atoms with Crippen LogP contribution in [0.15, 0.2) is 48.5 Å². The molecule has 0 aliphatic heterocycles. The summed E-state index contributed by atoms with van der Waals surface area (Å²) >= 11 is 0. The van der Waals surface area contributed by atoms with Crippen LogP contribution >= 0.6 is 0 Å². The van der Waals surface area contributed by atoms with Crippen molar-refractivity contribution in [2.45, 2.75) is 19.3 Å². The zero-order chi connectivity index (χ0) is 15.3. The summed E-state index contributed by atoms with van der Waals surface area (Å²) in [6.45, 7) is 3.93. The van der Waals surface area contributed by atoms with Crippen LogP contribution in [0.4, 0.5) is 0 Å². The Morgan fingerprint density at radius 3 is 1.81 bits per heavy atom. The van der Waals surface area contributed by atoms with Gasteiger partial charge >= 0.3 is 0 Å². The second-order valence-electron chi connectivity index (χ2n) is 5.13. The third-order valence-electron chi connectivity index (χ3n) is 3.53. The maximum Gasteiger partial charge on any atom is 0.186 e. The molecular weight excluding hydrogens is 268 g/mol. The van der Waals surface area contributed by atoms with Crippen molar-refractivity contribution >= 4 is 0 Å². The lowest BCUT2D eigenvalue weighted by Crippen LogP contribution is -2.18. The molecule has 0 amide bonds. The molecule has 0 aromatic heterocycles. The number of rotatable bonds is 6. The molecule has 4 heteroatoms. The minimum atomic E-state index is -0.326. The van der Waals surface area contributed by atoms with Gasteiger partial charge in [-0.3, -0.25) is 0 Å². The van der Waals surface area contributed by atoms with E-state index in [2.05, 4.69) is 18.7 Å². The van der Waals surface area contributed by atoms with Gasteiger partial charge in [0, 0.05) is 5.41 Å². The molecule has 0 saturated heterocycles. The number of aliphatic hydroxyl groups is 1. The molecule has 110 valence electrons. The van der Waals surface area contributed by atoms with E-state index in [9.17, 15) is 0 Å². The molecule has 0 fully saturated rings. The molecule has 2 rings (SSSR count). The van der Waals surface area contributed by atoms with Crippen molar-refractivity contribution in [3.63, 3.8) is 0 Å². The van der Waals surface area contributed by atoms with Crippen LogP contribution in [0.5, 0.6) is 11.5 Å². The second kappa shape index (κ2) is 6.61. The standard InChI is InChI=1S/C17H18O4/c1-17(2,13-4-8-15(9-5-13)20-12-18)14-6-10-16(11-7-14)21-19-3/h3-11,18H,12H2,1-2H3. The van der Waals surface area contributed by atoms with E-state index < -0.39 is 0 Å². The Kier molecular flexibility index (Phi) is 4.83. The van der Waals surface area contributed by atoms with E-state index in [-0.39, 0.29) is 12.2 Å². The van der Waals surface area contributed by atoms with Crippen molar-refractivity contribution < 1.29 is 19.6 Å².